The lowest BCUT2D eigenvalue weighted by molar-refractivity contribution is -0.120. The molecular weight excluding hydrogens is 440 g/mol. The number of amides is 1. The zero-order valence-electron chi connectivity index (χ0n) is 18.8. The number of carbonyl (C=O) groups is 2. The third-order valence-electron chi connectivity index (χ3n) is 5.42. The number of thioether (sulfide) groups is 1. The molecule has 0 aliphatic rings. The van der Waals surface area contributed by atoms with Crippen LogP contribution in [0.1, 0.15) is 27.2 Å². The number of Topliss-reactive ketones (excluding diaryl/α,β-unsaturated/α-hetero) is 1. The van der Waals surface area contributed by atoms with Gasteiger partial charge in [-0.1, -0.05) is 78.9 Å². The highest BCUT2D eigenvalue weighted by molar-refractivity contribution is 7.98. The molecule has 0 aliphatic carbocycles. The molecule has 4 aromatic rings. The Morgan fingerprint density at radius 2 is 1.38 bits per heavy atom. The van der Waals surface area contributed by atoms with Gasteiger partial charge in [-0.25, -0.2) is 0 Å². The monoisotopic (exact) mass is 466 g/mol. The van der Waals surface area contributed by atoms with Gasteiger partial charge in [0.1, 0.15) is 5.69 Å². The van der Waals surface area contributed by atoms with Crippen molar-refractivity contribution >= 4 is 23.5 Å². The molecule has 1 N–H and O–H groups in total. The van der Waals surface area contributed by atoms with Crippen molar-refractivity contribution in [3.05, 3.63) is 132 Å². The standard InChI is InChI=1S/C29H26N2O2S/c32-28(20-23-14-16-25(17-15-23)34-21-24-11-5-2-6-12-24)27(19-22-9-3-1-4-10-22)31-29(33)26-13-7-8-18-30-26/h1-18,27H,19-21H2,(H,31,33)/t27-/m0/s1. The Hall–Kier alpha value is -3.70. The van der Waals surface area contributed by atoms with Gasteiger partial charge in [-0.15, -0.1) is 11.8 Å². The molecule has 0 aliphatic heterocycles. The van der Waals surface area contributed by atoms with E-state index < -0.39 is 6.04 Å². The second-order valence-corrected chi connectivity index (χ2v) is 9.04. The molecular formula is C29H26N2O2S. The zero-order valence-corrected chi connectivity index (χ0v) is 19.6. The van der Waals surface area contributed by atoms with Crippen molar-refractivity contribution < 1.29 is 9.59 Å². The molecule has 4 rings (SSSR count). The van der Waals surface area contributed by atoms with Crippen LogP contribution < -0.4 is 5.32 Å². The molecule has 0 unspecified atom stereocenters. The first-order chi connectivity index (χ1) is 16.7. The first-order valence-corrected chi connectivity index (χ1v) is 12.2. The Morgan fingerprint density at radius 3 is 2.03 bits per heavy atom. The van der Waals surface area contributed by atoms with Gasteiger partial charge in [0, 0.05) is 23.3 Å². The van der Waals surface area contributed by atoms with E-state index in [2.05, 4.69) is 34.6 Å². The smallest absolute Gasteiger partial charge is 0.270 e. The summed E-state index contributed by atoms with van der Waals surface area (Å²) >= 11 is 1.77. The van der Waals surface area contributed by atoms with Crippen LogP contribution in [0.2, 0.25) is 0 Å². The predicted octanol–water partition coefficient (Wildman–Crippen LogP) is 5.53. The van der Waals surface area contributed by atoms with E-state index in [0.717, 1.165) is 21.8 Å². The van der Waals surface area contributed by atoms with Crippen molar-refractivity contribution in [2.75, 3.05) is 0 Å². The summed E-state index contributed by atoms with van der Waals surface area (Å²) in [5.74, 6) is 0.526. The maximum Gasteiger partial charge on any atom is 0.270 e. The van der Waals surface area contributed by atoms with E-state index in [1.54, 1.807) is 36.2 Å². The van der Waals surface area contributed by atoms with Gasteiger partial charge in [-0.05, 0) is 47.4 Å². The Morgan fingerprint density at radius 1 is 0.735 bits per heavy atom. The van der Waals surface area contributed by atoms with Gasteiger partial charge in [-0.3, -0.25) is 14.6 Å². The van der Waals surface area contributed by atoms with E-state index in [9.17, 15) is 9.59 Å². The fraction of sp³-hybridized carbons (Fsp3) is 0.138. The number of rotatable bonds is 10. The third-order valence-corrected chi connectivity index (χ3v) is 6.51. The van der Waals surface area contributed by atoms with Crippen molar-refractivity contribution in [1.82, 2.24) is 10.3 Å². The van der Waals surface area contributed by atoms with E-state index in [1.807, 2.05) is 60.7 Å². The first-order valence-electron chi connectivity index (χ1n) is 11.2. The number of nitrogens with zero attached hydrogens (tertiary/aromatic N) is 1. The molecule has 1 amide bonds. The first kappa shape index (κ1) is 23.5. The summed E-state index contributed by atoms with van der Waals surface area (Å²) in [5, 5.41) is 2.90. The molecule has 0 fully saturated rings. The molecule has 3 aromatic carbocycles. The van der Waals surface area contributed by atoms with Crippen LogP contribution in [-0.4, -0.2) is 22.7 Å². The molecule has 0 radical (unpaired) electrons. The van der Waals surface area contributed by atoms with Gasteiger partial charge >= 0.3 is 0 Å². The van der Waals surface area contributed by atoms with E-state index in [4.69, 9.17) is 0 Å². The lowest BCUT2D eigenvalue weighted by Gasteiger charge is -2.18. The van der Waals surface area contributed by atoms with Gasteiger partial charge in [0.05, 0.1) is 6.04 Å². The Kier molecular flexibility index (Phi) is 8.25. The molecule has 0 spiro atoms. The molecule has 0 saturated carbocycles. The molecule has 0 saturated heterocycles. The second kappa shape index (κ2) is 12.0. The normalized spacial score (nSPS) is 11.5. The average Bonchev–Trinajstić information content (AvgIpc) is 2.89. The summed E-state index contributed by atoms with van der Waals surface area (Å²) in [6.07, 6.45) is 2.26. The van der Waals surface area contributed by atoms with Crippen LogP contribution in [0.5, 0.6) is 0 Å². The predicted molar refractivity (Wildman–Crippen MR) is 137 cm³/mol. The minimum atomic E-state index is -0.635. The van der Waals surface area contributed by atoms with Crippen LogP contribution in [0, 0.1) is 0 Å². The molecule has 1 aromatic heterocycles. The van der Waals surface area contributed by atoms with Crippen LogP contribution in [0.15, 0.2) is 114 Å². The number of pyridine rings is 1. The minimum Gasteiger partial charge on any atom is -0.341 e. The summed E-state index contributed by atoms with van der Waals surface area (Å²) in [7, 11) is 0. The van der Waals surface area contributed by atoms with Crippen molar-refractivity contribution in [2.45, 2.75) is 29.5 Å². The quantitative estimate of drug-likeness (QED) is 0.312. The van der Waals surface area contributed by atoms with Gasteiger partial charge in [0.25, 0.3) is 5.91 Å². The van der Waals surface area contributed by atoms with Crippen LogP contribution in [-0.2, 0) is 23.4 Å². The topological polar surface area (TPSA) is 59.1 Å². The number of aromatic nitrogens is 1. The Bertz CT molecular complexity index is 1200. The summed E-state index contributed by atoms with van der Waals surface area (Å²) in [6.45, 7) is 0. The number of benzene rings is 3. The van der Waals surface area contributed by atoms with Gasteiger partial charge in [0.15, 0.2) is 5.78 Å². The number of hydrogen-bond acceptors (Lipinski definition) is 4. The number of hydrogen-bond donors (Lipinski definition) is 1. The van der Waals surface area contributed by atoms with Gasteiger partial charge in [0.2, 0.25) is 0 Å². The molecule has 4 nitrogen and oxygen atoms in total. The summed E-state index contributed by atoms with van der Waals surface area (Å²) in [5.41, 5.74) is 3.50. The molecule has 1 heterocycles. The lowest BCUT2D eigenvalue weighted by atomic mass is 9.97. The van der Waals surface area contributed by atoms with E-state index in [-0.39, 0.29) is 18.1 Å². The van der Waals surface area contributed by atoms with Crippen LogP contribution in [0.4, 0.5) is 0 Å². The highest BCUT2D eigenvalue weighted by atomic mass is 32.2. The van der Waals surface area contributed by atoms with Crippen molar-refractivity contribution in [1.29, 1.82) is 0 Å². The van der Waals surface area contributed by atoms with Gasteiger partial charge < -0.3 is 5.32 Å². The van der Waals surface area contributed by atoms with Gasteiger partial charge in [-0.2, -0.15) is 0 Å². The molecule has 170 valence electrons. The third kappa shape index (κ3) is 6.90. The van der Waals surface area contributed by atoms with Crippen LogP contribution in [0.3, 0.4) is 0 Å². The number of nitrogens with one attached hydrogen (secondary N) is 1. The Balaban J connectivity index is 1.41. The molecule has 34 heavy (non-hydrogen) atoms. The minimum absolute atomic E-state index is 0.0298. The maximum absolute atomic E-state index is 13.2. The van der Waals surface area contributed by atoms with E-state index in [0.29, 0.717) is 12.1 Å². The Labute approximate surface area is 204 Å². The number of ketones is 1. The summed E-state index contributed by atoms with van der Waals surface area (Å²) in [6, 6.07) is 32.7. The molecule has 1 atom stereocenters. The van der Waals surface area contributed by atoms with Crippen LogP contribution in [0.25, 0.3) is 0 Å². The molecule has 5 heteroatoms. The van der Waals surface area contributed by atoms with E-state index >= 15 is 0 Å². The lowest BCUT2D eigenvalue weighted by Crippen LogP contribution is -2.43. The summed E-state index contributed by atoms with van der Waals surface area (Å²) < 4.78 is 0. The van der Waals surface area contributed by atoms with Crippen molar-refractivity contribution in [3.8, 4) is 0 Å². The highest BCUT2D eigenvalue weighted by Gasteiger charge is 2.22. The van der Waals surface area contributed by atoms with Crippen molar-refractivity contribution in [2.24, 2.45) is 0 Å². The summed E-state index contributed by atoms with van der Waals surface area (Å²) in [4.78, 5) is 31.2. The highest BCUT2D eigenvalue weighted by Crippen LogP contribution is 2.23. The van der Waals surface area contributed by atoms with Crippen LogP contribution >= 0.6 is 11.8 Å². The zero-order chi connectivity index (χ0) is 23.6. The fourth-order valence-corrected chi connectivity index (χ4v) is 4.45. The van der Waals surface area contributed by atoms with E-state index in [1.165, 1.54) is 5.56 Å². The fourth-order valence-electron chi connectivity index (χ4n) is 3.59. The number of carbonyl (C=O) groups excluding carboxylic acids is 2. The maximum atomic E-state index is 13.2. The second-order valence-electron chi connectivity index (χ2n) is 7.99. The van der Waals surface area contributed by atoms with Crippen molar-refractivity contribution in [3.63, 3.8) is 0 Å². The average molecular weight is 467 g/mol. The molecule has 0 bridgehead atoms. The largest absolute Gasteiger partial charge is 0.341 e. The SMILES string of the molecule is O=C(N[C@@H](Cc1ccccc1)C(=O)Cc1ccc(SCc2ccccc2)cc1)c1ccccn1.